The second-order valence-electron chi connectivity index (χ2n) is 14.4. The van der Waals surface area contributed by atoms with Gasteiger partial charge in [0.1, 0.15) is 0 Å². The van der Waals surface area contributed by atoms with Gasteiger partial charge in [-0.1, -0.05) is 0 Å². The molecular weight excluding hydrogens is 666 g/mol. The first kappa shape index (κ1) is 27.6. The van der Waals surface area contributed by atoms with Gasteiger partial charge in [0.15, 0.2) is 0 Å². The molecule has 41 heavy (non-hydrogen) atoms. The van der Waals surface area contributed by atoms with E-state index in [2.05, 4.69) is 31.0 Å². The van der Waals surface area contributed by atoms with E-state index in [1.54, 1.807) is 0 Å². The van der Waals surface area contributed by atoms with Crippen LogP contribution in [0.5, 0.6) is 0 Å². The van der Waals surface area contributed by atoms with Crippen molar-refractivity contribution in [2.45, 2.75) is 89.9 Å². The first-order valence-electron chi connectivity index (χ1n) is 15.8. The first-order valence-corrected chi connectivity index (χ1v) is 20.4. The van der Waals surface area contributed by atoms with Crippen molar-refractivity contribution in [3.63, 3.8) is 0 Å². The van der Waals surface area contributed by atoms with Gasteiger partial charge >= 0.3 is 259 Å². The fourth-order valence-electron chi connectivity index (χ4n) is 10.5. The molecule has 0 atom stereocenters. The van der Waals surface area contributed by atoms with E-state index in [1.807, 2.05) is 11.8 Å². The monoisotopic (exact) mass is 708 g/mol. The van der Waals surface area contributed by atoms with Crippen molar-refractivity contribution in [3.05, 3.63) is 9.14 Å². The second kappa shape index (κ2) is 10.9. The summed E-state index contributed by atoms with van der Waals surface area (Å²) in [4.78, 5) is 26.7. The van der Waals surface area contributed by atoms with Gasteiger partial charge in [-0.2, -0.15) is 0 Å². The molecular formula is C30H40N6O2SSe2. The van der Waals surface area contributed by atoms with Crippen LogP contribution in [0.15, 0.2) is 0 Å². The number of aryl methyl sites for hydroxylation is 2. The molecule has 8 bridgehead atoms. The van der Waals surface area contributed by atoms with Gasteiger partial charge < -0.3 is 0 Å². The molecule has 8 aliphatic carbocycles. The van der Waals surface area contributed by atoms with Gasteiger partial charge in [-0.3, -0.25) is 0 Å². The Morgan fingerprint density at radius 1 is 0.610 bits per heavy atom. The zero-order valence-corrected chi connectivity index (χ0v) is 27.9. The molecule has 220 valence electrons. The summed E-state index contributed by atoms with van der Waals surface area (Å²) in [5, 5.41) is 24.0. The maximum absolute atomic E-state index is 13.3. The third-order valence-corrected chi connectivity index (χ3v) is 16.1. The quantitative estimate of drug-likeness (QED) is 0.282. The van der Waals surface area contributed by atoms with Crippen molar-refractivity contribution in [1.29, 1.82) is 0 Å². The summed E-state index contributed by atoms with van der Waals surface area (Å²) in [6.45, 7) is 0. The molecule has 8 saturated carbocycles. The minimum absolute atomic E-state index is 0.0365. The molecule has 10 rings (SSSR count). The third kappa shape index (κ3) is 5.45. The predicted octanol–water partition coefficient (Wildman–Crippen LogP) is 4.21. The van der Waals surface area contributed by atoms with Crippen molar-refractivity contribution in [2.24, 2.45) is 46.3 Å². The van der Waals surface area contributed by atoms with Crippen LogP contribution in [0.3, 0.4) is 0 Å². The summed E-state index contributed by atoms with van der Waals surface area (Å²) in [7, 11) is 0. The van der Waals surface area contributed by atoms with Crippen LogP contribution in [0.2, 0.25) is 0 Å². The van der Waals surface area contributed by atoms with E-state index in [4.69, 9.17) is 0 Å². The molecule has 0 saturated heterocycles. The molecule has 0 aromatic carbocycles. The predicted molar refractivity (Wildman–Crippen MR) is 161 cm³/mol. The molecule has 8 aliphatic rings. The number of hydrogen-bond acceptors (Lipinski definition) is 7. The van der Waals surface area contributed by atoms with Crippen LogP contribution in [0.1, 0.15) is 86.2 Å². The van der Waals surface area contributed by atoms with Crippen LogP contribution in [-0.2, 0) is 22.4 Å². The van der Waals surface area contributed by atoms with Crippen molar-refractivity contribution in [3.8, 4) is 0 Å². The standard InChI is InChI=1S/C30H40N6O2SSe2/c37-25(29-11-17-5-18(12-29)7-19(6-17)13-29)31-27-35-33-23(40-27)1-3-39-4-2-24-34-36-28(41-24)32-26(38)30-14-20-8-21(15-30)10-22(9-20)16-30/h17-22H,1-16H2,(H,31,35,37)(H,32,36,38). The molecule has 2 amide bonds. The molecule has 2 aromatic heterocycles. The van der Waals surface area contributed by atoms with E-state index < -0.39 is 0 Å². The van der Waals surface area contributed by atoms with Crippen molar-refractivity contribution >= 4 is 62.0 Å². The molecule has 0 aliphatic heterocycles. The Bertz CT molecular complexity index is 1160. The SMILES string of the molecule is O=C(Nc1nnc(CCSCCc2nnc(NC(=O)C34CC5CC(CC(C5)C3)C4)[se]2)[se]1)C12CC3CC(CC(C3)C1)C2. The van der Waals surface area contributed by atoms with Crippen LogP contribution in [-0.4, -0.2) is 72.7 Å². The topological polar surface area (TPSA) is 110 Å². The fourth-order valence-corrected chi connectivity index (χ4v) is 15.0. The van der Waals surface area contributed by atoms with Crippen LogP contribution < -0.4 is 10.6 Å². The van der Waals surface area contributed by atoms with Gasteiger partial charge in [0.25, 0.3) is 0 Å². The van der Waals surface area contributed by atoms with Crippen molar-refractivity contribution < 1.29 is 9.59 Å². The number of nitrogens with zero attached hydrogens (tertiary/aromatic N) is 4. The van der Waals surface area contributed by atoms with E-state index in [0.29, 0.717) is 0 Å². The van der Waals surface area contributed by atoms with Crippen molar-refractivity contribution in [1.82, 2.24) is 20.4 Å². The summed E-state index contributed by atoms with van der Waals surface area (Å²) in [5.41, 5.74) is -0.255. The molecule has 0 radical (unpaired) electrons. The number of carbonyl (C=O) groups is 2. The number of aromatic nitrogens is 4. The van der Waals surface area contributed by atoms with Gasteiger partial charge in [-0.25, -0.2) is 0 Å². The summed E-state index contributed by atoms with van der Waals surface area (Å²) < 4.78 is 3.88. The molecule has 11 heteroatoms. The van der Waals surface area contributed by atoms with Crippen molar-refractivity contribution in [2.75, 3.05) is 22.1 Å². The second-order valence-corrected chi connectivity index (χ2v) is 20.1. The van der Waals surface area contributed by atoms with Crippen LogP contribution >= 0.6 is 11.8 Å². The molecule has 2 N–H and O–H groups in total. The molecule has 0 spiro atoms. The van der Waals surface area contributed by atoms with Crippen LogP contribution in [0.25, 0.3) is 0 Å². The molecule has 0 unspecified atom stereocenters. The fraction of sp³-hybridized carbons (Fsp3) is 0.800. The summed E-state index contributed by atoms with van der Waals surface area (Å²) >= 11 is 1.99. The number of nitrogens with one attached hydrogen (secondary N) is 2. The molecule has 8 nitrogen and oxygen atoms in total. The van der Waals surface area contributed by atoms with Gasteiger partial charge in [0, 0.05) is 0 Å². The average molecular weight is 707 g/mol. The molecule has 2 aromatic rings. The normalized spacial score (nSPS) is 38.0. The number of rotatable bonds is 10. The summed E-state index contributed by atoms with van der Waals surface area (Å²) in [6, 6.07) is 0. The first-order chi connectivity index (χ1) is 19.9. The Balaban J connectivity index is 0.770. The average Bonchev–Trinajstić information content (AvgIpc) is 3.56. The zero-order chi connectivity index (χ0) is 27.6. The van der Waals surface area contributed by atoms with Gasteiger partial charge in [-0.15, -0.1) is 0 Å². The van der Waals surface area contributed by atoms with E-state index in [1.165, 1.54) is 38.5 Å². The van der Waals surface area contributed by atoms with Gasteiger partial charge in [0.2, 0.25) is 0 Å². The number of amides is 2. The number of thioether (sulfide) groups is 1. The zero-order valence-electron chi connectivity index (χ0n) is 23.6. The Labute approximate surface area is 258 Å². The maximum atomic E-state index is 13.3. The number of anilines is 2. The minimum atomic E-state index is -0.127. The number of carbonyl (C=O) groups excluding carboxylic acids is 2. The van der Waals surface area contributed by atoms with Gasteiger partial charge in [-0.05, 0) is 0 Å². The van der Waals surface area contributed by atoms with E-state index in [-0.39, 0.29) is 51.7 Å². The Morgan fingerprint density at radius 3 is 1.29 bits per heavy atom. The van der Waals surface area contributed by atoms with E-state index >= 15 is 0 Å². The third-order valence-electron chi connectivity index (χ3n) is 11.3. The van der Waals surface area contributed by atoms with E-state index in [0.717, 1.165) is 117 Å². The van der Waals surface area contributed by atoms with Gasteiger partial charge in [0.05, 0.1) is 0 Å². The number of hydrogen-bond donors (Lipinski definition) is 2. The van der Waals surface area contributed by atoms with Crippen LogP contribution in [0.4, 0.5) is 9.38 Å². The summed E-state index contributed by atoms with van der Waals surface area (Å²) in [6.07, 6.45) is 16.5. The molecule has 8 fully saturated rings. The Hall–Kier alpha value is -0.991. The Morgan fingerprint density at radius 2 is 0.951 bits per heavy atom. The molecule has 2 heterocycles. The Kier molecular flexibility index (Phi) is 7.30. The van der Waals surface area contributed by atoms with Crippen LogP contribution in [0, 0.1) is 46.3 Å². The van der Waals surface area contributed by atoms with E-state index in [9.17, 15) is 9.59 Å². The summed E-state index contributed by atoms with van der Waals surface area (Å²) in [5.74, 6) is 7.09.